The van der Waals surface area contributed by atoms with E-state index in [0.29, 0.717) is 12.3 Å². The first kappa shape index (κ1) is 17.3. The maximum atomic E-state index is 12.2. The van der Waals surface area contributed by atoms with Crippen LogP contribution in [0.15, 0.2) is 59.7 Å². The average molecular weight is 325 g/mol. The largest absolute Gasteiger partial charge is 0.271 e. The molecule has 0 bridgehead atoms. The van der Waals surface area contributed by atoms with Crippen molar-refractivity contribution in [2.45, 2.75) is 20.3 Å². The third kappa shape index (κ3) is 4.74. The van der Waals surface area contributed by atoms with Gasteiger partial charge in [-0.3, -0.25) is 14.9 Å². The van der Waals surface area contributed by atoms with E-state index < -0.39 is 10.8 Å². The molecule has 24 heavy (non-hydrogen) atoms. The van der Waals surface area contributed by atoms with Gasteiger partial charge < -0.3 is 0 Å². The zero-order chi connectivity index (χ0) is 17.5. The zero-order valence-electron chi connectivity index (χ0n) is 13.6. The van der Waals surface area contributed by atoms with Gasteiger partial charge in [-0.2, -0.15) is 5.10 Å². The number of non-ortho nitro benzene ring substituents is 1. The second-order valence-corrected chi connectivity index (χ2v) is 5.77. The van der Waals surface area contributed by atoms with Gasteiger partial charge in [0.2, 0.25) is 0 Å². The normalized spacial score (nSPS) is 11.4. The average Bonchev–Trinajstić information content (AvgIpc) is 2.58. The topological polar surface area (TPSA) is 84.6 Å². The number of rotatable bonds is 6. The summed E-state index contributed by atoms with van der Waals surface area (Å²) in [5.74, 6) is -0.102. The van der Waals surface area contributed by atoms with E-state index in [4.69, 9.17) is 0 Å². The predicted octanol–water partition coefficient (Wildman–Crippen LogP) is 3.78. The molecule has 2 aromatic carbocycles. The SMILES string of the molecule is CC(C)C/C(=N\NC(=O)c1cccc([N+](=O)[O-])c1)c1ccccc1. The van der Waals surface area contributed by atoms with Gasteiger partial charge in [0.25, 0.3) is 11.6 Å². The molecule has 0 atom stereocenters. The zero-order valence-corrected chi connectivity index (χ0v) is 13.6. The molecule has 0 saturated heterocycles. The molecule has 6 nitrogen and oxygen atoms in total. The van der Waals surface area contributed by atoms with Gasteiger partial charge in [0.05, 0.1) is 10.6 Å². The first-order chi connectivity index (χ1) is 11.5. The Morgan fingerprint density at radius 2 is 1.79 bits per heavy atom. The number of benzene rings is 2. The Labute approximate surface area is 140 Å². The van der Waals surface area contributed by atoms with Crippen molar-refractivity contribution in [3.8, 4) is 0 Å². The number of amides is 1. The number of nitro benzene ring substituents is 1. The number of nitrogens with zero attached hydrogens (tertiary/aromatic N) is 2. The molecule has 124 valence electrons. The first-order valence-corrected chi connectivity index (χ1v) is 7.64. The van der Waals surface area contributed by atoms with Crippen LogP contribution >= 0.6 is 0 Å². The van der Waals surface area contributed by atoms with E-state index in [2.05, 4.69) is 24.4 Å². The molecular formula is C18H19N3O3. The van der Waals surface area contributed by atoms with Crippen LogP contribution in [0.3, 0.4) is 0 Å². The summed E-state index contributed by atoms with van der Waals surface area (Å²) in [6.45, 7) is 4.14. The highest BCUT2D eigenvalue weighted by atomic mass is 16.6. The van der Waals surface area contributed by atoms with Gasteiger partial charge in [-0.05, 0) is 24.0 Å². The van der Waals surface area contributed by atoms with E-state index in [1.54, 1.807) is 0 Å². The quantitative estimate of drug-likeness (QED) is 0.498. The van der Waals surface area contributed by atoms with Crippen LogP contribution in [-0.2, 0) is 0 Å². The summed E-state index contributed by atoms with van der Waals surface area (Å²) in [7, 11) is 0. The molecular weight excluding hydrogens is 306 g/mol. The van der Waals surface area contributed by atoms with Crippen LogP contribution in [0.2, 0.25) is 0 Å². The fourth-order valence-corrected chi connectivity index (χ4v) is 2.19. The van der Waals surface area contributed by atoms with E-state index in [9.17, 15) is 14.9 Å². The molecule has 1 amide bonds. The second-order valence-electron chi connectivity index (χ2n) is 5.77. The Morgan fingerprint density at radius 3 is 2.42 bits per heavy atom. The van der Waals surface area contributed by atoms with Gasteiger partial charge in [0, 0.05) is 17.7 Å². The molecule has 0 aliphatic carbocycles. The minimum absolute atomic E-state index is 0.128. The molecule has 0 aromatic heterocycles. The van der Waals surface area contributed by atoms with Crippen LogP contribution in [-0.4, -0.2) is 16.5 Å². The van der Waals surface area contributed by atoms with Crippen molar-refractivity contribution in [1.82, 2.24) is 5.43 Å². The molecule has 0 fully saturated rings. The van der Waals surface area contributed by atoms with Crippen LogP contribution in [0.1, 0.15) is 36.2 Å². The Balaban J connectivity index is 2.20. The fraction of sp³-hybridized carbons (Fsp3) is 0.222. The summed E-state index contributed by atoms with van der Waals surface area (Å²) >= 11 is 0. The van der Waals surface area contributed by atoms with Crippen molar-refractivity contribution in [1.29, 1.82) is 0 Å². The van der Waals surface area contributed by atoms with Crippen LogP contribution in [0.25, 0.3) is 0 Å². The van der Waals surface area contributed by atoms with Crippen molar-refractivity contribution < 1.29 is 9.72 Å². The summed E-state index contributed by atoms with van der Waals surface area (Å²) in [5.41, 5.74) is 4.27. The first-order valence-electron chi connectivity index (χ1n) is 7.64. The highest BCUT2D eigenvalue weighted by Gasteiger charge is 2.12. The van der Waals surface area contributed by atoms with Crippen LogP contribution in [0, 0.1) is 16.0 Å². The molecule has 1 N–H and O–H groups in total. The molecule has 0 spiro atoms. The lowest BCUT2D eigenvalue weighted by molar-refractivity contribution is -0.384. The van der Waals surface area contributed by atoms with Crippen molar-refractivity contribution in [2.75, 3.05) is 0 Å². The number of hydrogen-bond donors (Lipinski definition) is 1. The minimum Gasteiger partial charge on any atom is -0.267 e. The molecule has 2 rings (SSSR count). The Kier molecular flexibility index (Phi) is 5.78. The van der Waals surface area contributed by atoms with Crippen molar-refractivity contribution in [3.63, 3.8) is 0 Å². The van der Waals surface area contributed by atoms with Gasteiger partial charge >= 0.3 is 0 Å². The number of nitrogens with one attached hydrogen (secondary N) is 1. The smallest absolute Gasteiger partial charge is 0.267 e. The third-order valence-corrected chi connectivity index (χ3v) is 3.32. The van der Waals surface area contributed by atoms with Crippen LogP contribution < -0.4 is 5.43 Å². The third-order valence-electron chi connectivity index (χ3n) is 3.32. The van der Waals surface area contributed by atoms with Gasteiger partial charge in [-0.1, -0.05) is 50.2 Å². The second kappa shape index (κ2) is 8.01. The Bertz CT molecular complexity index is 755. The minimum atomic E-state index is -0.534. The Hall–Kier alpha value is -3.02. The van der Waals surface area contributed by atoms with E-state index in [-0.39, 0.29) is 11.3 Å². The number of hydrogen-bond acceptors (Lipinski definition) is 4. The van der Waals surface area contributed by atoms with Gasteiger partial charge in [-0.25, -0.2) is 5.43 Å². The number of carbonyl (C=O) groups is 1. The lowest BCUT2D eigenvalue weighted by Crippen LogP contribution is -2.21. The molecule has 0 aliphatic rings. The molecule has 0 saturated carbocycles. The summed E-state index contributed by atoms with van der Waals surface area (Å²) in [4.78, 5) is 22.5. The summed E-state index contributed by atoms with van der Waals surface area (Å²) in [6.07, 6.45) is 0.708. The van der Waals surface area contributed by atoms with Gasteiger partial charge in [0.1, 0.15) is 0 Å². The van der Waals surface area contributed by atoms with Crippen molar-refractivity contribution in [3.05, 3.63) is 75.8 Å². The number of nitro groups is 1. The highest BCUT2D eigenvalue weighted by molar-refractivity contribution is 6.02. The number of carbonyl (C=O) groups excluding carboxylic acids is 1. The van der Waals surface area contributed by atoms with Gasteiger partial charge in [-0.15, -0.1) is 0 Å². The monoisotopic (exact) mass is 325 g/mol. The molecule has 0 unspecified atom stereocenters. The Morgan fingerprint density at radius 1 is 1.12 bits per heavy atom. The molecule has 6 heteroatoms. The maximum Gasteiger partial charge on any atom is 0.271 e. The summed E-state index contributed by atoms with van der Waals surface area (Å²) < 4.78 is 0. The summed E-state index contributed by atoms with van der Waals surface area (Å²) in [5, 5.41) is 15.0. The van der Waals surface area contributed by atoms with Gasteiger partial charge in [0.15, 0.2) is 0 Å². The number of hydrazone groups is 1. The summed E-state index contributed by atoms with van der Waals surface area (Å²) in [6, 6.07) is 15.2. The van der Waals surface area contributed by atoms with E-state index in [1.807, 2.05) is 30.3 Å². The van der Waals surface area contributed by atoms with E-state index in [1.165, 1.54) is 24.3 Å². The lowest BCUT2D eigenvalue weighted by atomic mass is 10.0. The lowest BCUT2D eigenvalue weighted by Gasteiger charge is -2.10. The predicted molar refractivity (Wildman–Crippen MR) is 93.0 cm³/mol. The fourth-order valence-electron chi connectivity index (χ4n) is 2.19. The molecule has 0 aliphatic heterocycles. The standard InChI is InChI=1S/C18H19N3O3/c1-13(2)11-17(14-7-4-3-5-8-14)19-20-18(22)15-9-6-10-16(12-15)21(23)24/h3-10,12-13H,11H2,1-2H3,(H,20,22)/b19-17+. The molecule has 2 aromatic rings. The van der Waals surface area contributed by atoms with E-state index in [0.717, 1.165) is 11.3 Å². The maximum absolute atomic E-state index is 12.2. The van der Waals surface area contributed by atoms with Crippen LogP contribution in [0.5, 0.6) is 0 Å². The molecule has 0 radical (unpaired) electrons. The highest BCUT2D eigenvalue weighted by Crippen LogP contribution is 2.13. The molecule has 0 heterocycles. The van der Waals surface area contributed by atoms with Crippen LogP contribution in [0.4, 0.5) is 5.69 Å². The van der Waals surface area contributed by atoms with Crippen molar-refractivity contribution >= 4 is 17.3 Å². The van der Waals surface area contributed by atoms with E-state index >= 15 is 0 Å². The van der Waals surface area contributed by atoms with Crippen molar-refractivity contribution in [2.24, 2.45) is 11.0 Å².